The smallest absolute Gasteiger partial charge is 0.475 e. The van der Waals surface area contributed by atoms with Crippen molar-refractivity contribution in [3.63, 3.8) is 0 Å². The van der Waals surface area contributed by atoms with Crippen molar-refractivity contribution in [3.05, 3.63) is 18.0 Å². The van der Waals surface area contributed by atoms with Crippen molar-refractivity contribution in [1.29, 1.82) is 0 Å². The van der Waals surface area contributed by atoms with Crippen LogP contribution in [0.5, 0.6) is 0 Å². The molecule has 1 saturated heterocycles. The lowest BCUT2D eigenvalue weighted by Crippen LogP contribution is -2.43. The van der Waals surface area contributed by atoms with Crippen LogP contribution in [0.3, 0.4) is 0 Å². The lowest BCUT2D eigenvalue weighted by Gasteiger charge is -2.28. The van der Waals surface area contributed by atoms with Crippen molar-refractivity contribution in [3.8, 4) is 0 Å². The molecule has 0 aliphatic carbocycles. The molecule has 6 nitrogen and oxygen atoms in total. The van der Waals surface area contributed by atoms with E-state index in [2.05, 4.69) is 27.5 Å². The Hall–Kier alpha value is -2.11. The van der Waals surface area contributed by atoms with Gasteiger partial charge in [-0.05, 0) is 19.8 Å². The molecule has 0 amide bonds. The molecule has 1 fully saturated rings. The van der Waals surface area contributed by atoms with Gasteiger partial charge in [0.2, 0.25) is 5.95 Å². The second kappa shape index (κ2) is 8.32. The van der Waals surface area contributed by atoms with Gasteiger partial charge < -0.3 is 15.7 Å². The molecule has 2 heterocycles. The van der Waals surface area contributed by atoms with E-state index in [9.17, 15) is 26.3 Å². The number of aliphatic carboxylic acids is 1. The summed E-state index contributed by atoms with van der Waals surface area (Å²) >= 11 is 0. The molecule has 2 unspecified atom stereocenters. The number of anilines is 1. The van der Waals surface area contributed by atoms with Crippen LogP contribution in [0.4, 0.5) is 32.3 Å². The van der Waals surface area contributed by atoms with E-state index < -0.39 is 23.9 Å². The number of nitrogens with zero attached hydrogens (tertiary/aromatic N) is 2. The largest absolute Gasteiger partial charge is 0.490 e. The maximum Gasteiger partial charge on any atom is 0.490 e. The maximum atomic E-state index is 12.3. The average molecular weight is 374 g/mol. The summed E-state index contributed by atoms with van der Waals surface area (Å²) in [4.78, 5) is 16.3. The highest BCUT2D eigenvalue weighted by Gasteiger charge is 2.38. The highest BCUT2D eigenvalue weighted by Crippen LogP contribution is 2.28. The Labute approximate surface area is 138 Å². The summed E-state index contributed by atoms with van der Waals surface area (Å²) in [5.74, 6) is -2.52. The number of halogens is 6. The van der Waals surface area contributed by atoms with Crippen LogP contribution in [-0.4, -0.2) is 45.8 Å². The molecule has 0 bridgehead atoms. The van der Waals surface area contributed by atoms with Crippen LogP contribution < -0.4 is 10.6 Å². The Bertz CT molecular complexity index is 553. The standard InChI is InChI=1S/C11H15F3N4.C2HF3O2/c1-7-2-3-9(6-15-7)18-10-16-4-8(5-17-10)11(12,13)14;3-2(4,5)1(6)7/h4-5,7,9,15H,2-3,6H2,1H3,(H,16,17,18);(H,6,7). The van der Waals surface area contributed by atoms with E-state index in [1.165, 1.54) is 0 Å². The zero-order valence-corrected chi connectivity index (χ0v) is 12.9. The lowest BCUT2D eigenvalue weighted by atomic mass is 10.0. The van der Waals surface area contributed by atoms with E-state index in [1.54, 1.807) is 0 Å². The number of carboxylic acid groups (broad SMARTS) is 1. The summed E-state index contributed by atoms with van der Waals surface area (Å²) in [6.45, 7) is 2.87. The molecule has 142 valence electrons. The normalized spacial score (nSPS) is 21.1. The molecule has 3 N–H and O–H groups in total. The number of piperidine rings is 1. The Morgan fingerprint density at radius 3 is 2.08 bits per heavy atom. The molecule has 0 saturated carbocycles. The van der Waals surface area contributed by atoms with Crippen LogP contribution in [0.25, 0.3) is 0 Å². The summed E-state index contributed by atoms with van der Waals surface area (Å²) in [5, 5.41) is 13.4. The van der Waals surface area contributed by atoms with E-state index in [0.29, 0.717) is 6.04 Å². The van der Waals surface area contributed by atoms with Gasteiger partial charge in [0, 0.05) is 31.0 Å². The number of hydrogen-bond acceptors (Lipinski definition) is 5. The number of aromatic nitrogens is 2. The first-order chi connectivity index (χ1) is 11.4. The molecule has 0 radical (unpaired) electrons. The molecule has 25 heavy (non-hydrogen) atoms. The van der Waals surface area contributed by atoms with Crippen molar-refractivity contribution in [2.24, 2.45) is 0 Å². The predicted octanol–water partition coefficient (Wildman–Crippen LogP) is 2.68. The number of carbonyl (C=O) groups is 1. The summed E-state index contributed by atoms with van der Waals surface area (Å²) in [6.07, 6.45) is -5.89. The van der Waals surface area contributed by atoms with E-state index in [0.717, 1.165) is 31.8 Å². The van der Waals surface area contributed by atoms with Crippen molar-refractivity contribution in [1.82, 2.24) is 15.3 Å². The Kier molecular flexibility index (Phi) is 6.96. The number of hydrogen-bond donors (Lipinski definition) is 3. The first-order valence-electron chi connectivity index (χ1n) is 7.09. The number of rotatable bonds is 2. The van der Waals surface area contributed by atoms with Crippen LogP contribution in [0, 0.1) is 0 Å². The fourth-order valence-electron chi connectivity index (χ4n) is 1.85. The first kappa shape index (κ1) is 20.9. The molecule has 0 spiro atoms. The van der Waals surface area contributed by atoms with Crippen LogP contribution in [0.2, 0.25) is 0 Å². The molecule has 12 heteroatoms. The molecule has 1 aromatic rings. The van der Waals surface area contributed by atoms with Crippen molar-refractivity contribution in [2.45, 2.75) is 44.2 Å². The molecule has 0 aromatic carbocycles. The third-order valence-electron chi connectivity index (χ3n) is 3.22. The van der Waals surface area contributed by atoms with Gasteiger partial charge in [-0.1, -0.05) is 0 Å². The van der Waals surface area contributed by atoms with Crippen molar-refractivity contribution < 1.29 is 36.2 Å². The summed E-state index contributed by atoms with van der Waals surface area (Å²) in [7, 11) is 0. The minimum atomic E-state index is -5.08. The van der Waals surface area contributed by atoms with E-state index in [-0.39, 0.29) is 12.0 Å². The van der Waals surface area contributed by atoms with Gasteiger partial charge in [-0.3, -0.25) is 0 Å². The molecule has 1 aromatic heterocycles. The average Bonchev–Trinajstić information content (AvgIpc) is 2.49. The molecular formula is C13H16F6N4O2. The third kappa shape index (κ3) is 7.54. The van der Waals surface area contributed by atoms with E-state index >= 15 is 0 Å². The Morgan fingerprint density at radius 2 is 1.72 bits per heavy atom. The van der Waals surface area contributed by atoms with Gasteiger partial charge in [0.05, 0.1) is 5.56 Å². The second-order valence-corrected chi connectivity index (χ2v) is 5.32. The monoisotopic (exact) mass is 374 g/mol. The topological polar surface area (TPSA) is 87.1 Å². The van der Waals surface area contributed by atoms with E-state index in [4.69, 9.17) is 9.90 Å². The Balaban J connectivity index is 0.000000381. The van der Waals surface area contributed by atoms with Gasteiger partial charge in [0.15, 0.2) is 0 Å². The maximum absolute atomic E-state index is 12.3. The van der Waals surface area contributed by atoms with Gasteiger partial charge in [-0.2, -0.15) is 26.3 Å². The van der Waals surface area contributed by atoms with Gasteiger partial charge in [-0.25, -0.2) is 14.8 Å². The predicted molar refractivity (Wildman–Crippen MR) is 74.8 cm³/mol. The summed E-state index contributed by atoms with van der Waals surface area (Å²) in [5.41, 5.74) is -0.830. The van der Waals surface area contributed by atoms with Gasteiger partial charge in [0.25, 0.3) is 0 Å². The number of alkyl halides is 6. The minimum absolute atomic E-state index is 0.165. The van der Waals surface area contributed by atoms with Crippen LogP contribution in [0.1, 0.15) is 25.3 Å². The lowest BCUT2D eigenvalue weighted by molar-refractivity contribution is -0.192. The highest BCUT2D eigenvalue weighted by atomic mass is 19.4. The highest BCUT2D eigenvalue weighted by molar-refractivity contribution is 5.73. The zero-order chi connectivity index (χ0) is 19.3. The molecule has 2 atom stereocenters. The fraction of sp³-hybridized carbons (Fsp3) is 0.615. The van der Waals surface area contributed by atoms with Crippen molar-refractivity contribution >= 4 is 11.9 Å². The molecule has 2 rings (SSSR count). The summed E-state index contributed by atoms with van der Waals surface area (Å²) in [6, 6.07) is 0.648. The van der Waals surface area contributed by atoms with Crippen LogP contribution in [0.15, 0.2) is 12.4 Å². The molecular weight excluding hydrogens is 358 g/mol. The molecule has 1 aliphatic rings. The number of carboxylic acids is 1. The SMILES string of the molecule is CC1CCC(Nc2ncc(C(F)(F)F)cn2)CN1.O=C(O)C(F)(F)F. The quantitative estimate of drug-likeness (QED) is 0.690. The van der Waals surface area contributed by atoms with Crippen molar-refractivity contribution in [2.75, 3.05) is 11.9 Å². The zero-order valence-electron chi connectivity index (χ0n) is 12.9. The fourth-order valence-corrected chi connectivity index (χ4v) is 1.85. The first-order valence-corrected chi connectivity index (χ1v) is 7.09. The van der Waals surface area contributed by atoms with Crippen LogP contribution >= 0.6 is 0 Å². The summed E-state index contributed by atoms with van der Waals surface area (Å²) < 4.78 is 68.7. The van der Waals surface area contributed by atoms with Gasteiger partial charge in [0.1, 0.15) is 0 Å². The third-order valence-corrected chi connectivity index (χ3v) is 3.22. The van der Waals surface area contributed by atoms with Gasteiger partial charge in [-0.15, -0.1) is 0 Å². The minimum Gasteiger partial charge on any atom is -0.475 e. The van der Waals surface area contributed by atoms with Crippen LogP contribution in [-0.2, 0) is 11.0 Å². The van der Waals surface area contributed by atoms with Gasteiger partial charge >= 0.3 is 18.3 Å². The second-order valence-electron chi connectivity index (χ2n) is 5.32. The molecule has 1 aliphatic heterocycles. The Morgan fingerprint density at radius 1 is 1.20 bits per heavy atom. The van der Waals surface area contributed by atoms with E-state index in [1.807, 2.05) is 0 Å². The number of nitrogens with one attached hydrogen (secondary N) is 2.